The van der Waals surface area contributed by atoms with Crippen LogP contribution in [0.15, 0.2) is 158 Å². The second-order valence-electron chi connectivity index (χ2n) is 19.5. The molecule has 0 aliphatic carbocycles. The number of likely N-dealkylation sites (N-methyl/N-ethyl adjacent to an activating group) is 1. The standard InChI is InChI=1S/C66H103NO8/c1-6-8-10-12-14-16-18-19-20-21-22-23-24-25-26-27-28-29-30-31-32-33-34-35-36-37-38-39-40-41-42-43-44-45-47-49-51-53-55-57-64(69)75-62(61-74-66(65(70)71)72-59-58-67(3,4)5)60-73-63(68)56-54-52-50-48-46-17-15-13-11-9-7-2/h8,10,13-16,19-20,22-23,25-26,28-29,31-32,34-35,37-38,40-41,43-44,47,49,62,66H,6-7,9,11-12,17-18,21,24,27,30,33,36,39,42,45-46,48,50-61H2,1-5H3/b10-8-,15-13-,16-14-,20-19-,23-22-,26-25-,29-28-,32-31-,35-34-,38-37-,41-40-,44-43-,49-47-. The van der Waals surface area contributed by atoms with Gasteiger partial charge in [0, 0.05) is 12.8 Å². The highest BCUT2D eigenvalue weighted by Gasteiger charge is 2.21. The van der Waals surface area contributed by atoms with E-state index in [1.807, 2.05) is 21.1 Å². The van der Waals surface area contributed by atoms with Gasteiger partial charge < -0.3 is 33.3 Å². The molecule has 0 amide bonds. The molecule has 2 atom stereocenters. The van der Waals surface area contributed by atoms with Crippen molar-refractivity contribution in [2.24, 2.45) is 0 Å². The smallest absolute Gasteiger partial charge is 0.306 e. The number of esters is 2. The largest absolute Gasteiger partial charge is 0.545 e. The number of carbonyl (C=O) groups is 3. The van der Waals surface area contributed by atoms with Crippen LogP contribution in [-0.4, -0.2) is 82.3 Å². The molecule has 0 aromatic carbocycles. The van der Waals surface area contributed by atoms with E-state index in [-0.39, 0.29) is 38.6 Å². The number of carbonyl (C=O) groups excluding carboxylic acids is 3. The summed E-state index contributed by atoms with van der Waals surface area (Å²) in [4.78, 5) is 37.1. The van der Waals surface area contributed by atoms with Gasteiger partial charge in [-0.3, -0.25) is 9.59 Å². The minimum atomic E-state index is -1.64. The lowest BCUT2D eigenvalue weighted by Gasteiger charge is -2.26. The SMILES string of the molecule is CC/C=C\C/C=C\C/C=C\C/C=C\C/C=C\C/C=C\C/C=C\C/C=C\C/C=C\C/C=C\C/C=C\C/C=C\CCCCC(=O)OC(COC(=O)CCCCCCC/C=C\CCCC)COC(OCC[N+](C)(C)C)C(=O)[O-]. The number of hydrogen-bond acceptors (Lipinski definition) is 8. The highest BCUT2D eigenvalue weighted by molar-refractivity contribution is 5.70. The van der Waals surface area contributed by atoms with Crippen LogP contribution in [0.2, 0.25) is 0 Å². The number of carboxylic acids is 1. The summed E-state index contributed by atoms with van der Waals surface area (Å²) >= 11 is 0. The lowest BCUT2D eigenvalue weighted by Crippen LogP contribution is -2.44. The van der Waals surface area contributed by atoms with Gasteiger partial charge in [-0.05, 0) is 122 Å². The van der Waals surface area contributed by atoms with Crippen LogP contribution in [0.1, 0.15) is 181 Å². The molecule has 0 bridgehead atoms. The predicted molar refractivity (Wildman–Crippen MR) is 315 cm³/mol. The molecular weight excluding hydrogens is 935 g/mol. The molecule has 0 N–H and O–H groups in total. The molecule has 0 aliphatic rings. The van der Waals surface area contributed by atoms with E-state index in [1.54, 1.807) is 0 Å². The molecular formula is C66H103NO8. The molecule has 0 spiro atoms. The van der Waals surface area contributed by atoms with Crippen molar-refractivity contribution in [2.45, 2.75) is 193 Å². The van der Waals surface area contributed by atoms with Crippen LogP contribution in [0.25, 0.3) is 0 Å². The lowest BCUT2D eigenvalue weighted by atomic mass is 10.1. The number of unbranched alkanes of at least 4 members (excludes halogenated alkanes) is 9. The van der Waals surface area contributed by atoms with Crippen LogP contribution in [0, 0.1) is 0 Å². The molecule has 9 nitrogen and oxygen atoms in total. The Morgan fingerprint density at radius 2 is 0.760 bits per heavy atom. The van der Waals surface area contributed by atoms with E-state index in [0.717, 1.165) is 128 Å². The van der Waals surface area contributed by atoms with Crippen LogP contribution >= 0.6 is 0 Å². The third-order valence-electron chi connectivity index (χ3n) is 11.3. The highest BCUT2D eigenvalue weighted by atomic mass is 16.7. The summed E-state index contributed by atoms with van der Waals surface area (Å²) in [5.41, 5.74) is 0. The zero-order valence-corrected chi connectivity index (χ0v) is 47.6. The maximum absolute atomic E-state index is 12.8. The second kappa shape index (κ2) is 55.2. The number of carboxylic acid groups (broad SMARTS) is 1. The Morgan fingerprint density at radius 1 is 0.413 bits per heavy atom. The Labute approximate surface area is 457 Å². The maximum atomic E-state index is 12.8. The summed E-state index contributed by atoms with van der Waals surface area (Å²) in [7, 11) is 5.88. The van der Waals surface area contributed by atoms with Crippen molar-refractivity contribution >= 4 is 17.9 Å². The highest BCUT2D eigenvalue weighted by Crippen LogP contribution is 2.11. The van der Waals surface area contributed by atoms with Gasteiger partial charge >= 0.3 is 11.9 Å². The van der Waals surface area contributed by atoms with E-state index >= 15 is 0 Å². The van der Waals surface area contributed by atoms with Gasteiger partial charge in [0.15, 0.2) is 12.4 Å². The van der Waals surface area contributed by atoms with Crippen LogP contribution < -0.4 is 5.11 Å². The van der Waals surface area contributed by atoms with Crippen molar-refractivity contribution in [3.05, 3.63) is 158 Å². The Hall–Kier alpha value is -5.09. The molecule has 0 fully saturated rings. The van der Waals surface area contributed by atoms with E-state index in [2.05, 4.69) is 172 Å². The molecule has 0 saturated carbocycles. The number of ether oxygens (including phenoxy) is 4. The summed E-state index contributed by atoms with van der Waals surface area (Å²) < 4.78 is 22.5. The van der Waals surface area contributed by atoms with Crippen molar-refractivity contribution < 1.29 is 42.9 Å². The van der Waals surface area contributed by atoms with Crippen molar-refractivity contribution in [1.29, 1.82) is 0 Å². The van der Waals surface area contributed by atoms with Crippen molar-refractivity contribution in [3.63, 3.8) is 0 Å². The molecule has 0 aromatic rings. The second-order valence-corrected chi connectivity index (χ2v) is 19.5. The predicted octanol–water partition coefficient (Wildman–Crippen LogP) is 15.7. The normalized spacial score (nSPS) is 14.0. The molecule has 420 valence electrons. The fourth-order valence-electron chi connectivity index (χ4n) is 6.85. The van der Waals surface area contributed by atoms with Gasteiger partial charge in [0.25, 0.3) is 0 Å². The van der Waals surface area contributed by atoms with Crippen molar-refractivity contribution in [2.75, 3.05) is 47.5 Å². The van der Waals surface area contributed by atoms with E-state index in [4.69, 9.17) is 18.9 Å². The number of rotatable bonds is 50. The third-order valence-corrected chi connectivity index (χ3v) is 11.3. The maximum Gasteiger partial charge on any atom is 0.306 e. The molecule has 0 radical (unpaired) electrons. The average Bonchev–Trinajstić information content (AvgIpc) is 3.38. The van der Waals surface area contributed by atoms with Gasteiger partial charge in [-0.1, -0.05) is 204 Å². The summed E-state index contributed by atoms with van der Waals surface area (Å²) in [5.74, 6) is -2.38. The first-order valence-electron chi connectivity index (χ1n) is 28.6. The molecule has 0 rings (SSSR count). The van der Waals surface area contributed by atoms with Gasteiger partial charge in [-0.15, -0.1) is 0 Å². The summed E-state index contributed by atoms with van der Waals surface area (Å²) in [5, 5.41) is 11.7. The zero-order chi connectivity index (χ0) is 54.8. The van der Waals surface area contributed by atoms with Gasteiger partial charge in [0.05, 0.1) is 40.3 Å². The third kappa shape index (κ3) is 56.5. The zero-order valence-electron chi connectivity index (χ0n) is 47.6. The van der Waals surface area contributed by atoms with E-state index in [1.165, 1.54) is 12.8 Å². The van der Waals surface area contributed by atoms with E-state index in [0.29, 0.717) is 23.9 Å². The summed E-state index contributed by atoms with van der Waals surface area (Å²) in [6.07, 6.45) is 78.9. The number of aliphatic carboxylic acids is 1. The van der Waals surface area contributed by atoms with Crippen LogP contribution in [0.3, 0.4) is 0 Å². The minimum Gasteiger partial charge on any atom is -0.545 e. The molecule has 0 aromatic heterocycles. The van der Waals surface area contributed by atoms with Gasteiger partial charge in [-0.25, -0.2) is 0 Å². The number of hydrogen-bond donors (Lipinski definition) is 0. The molecule has 0 aliphatic heterocycles. The lowest BCUT2D eigenvalue weighted by molar-refractivity contribution is -0.870. The van der Waals surface area contributed by atoms with E-state index in [9.17, 15) is 19.5 Å². The van der Waals surface area contributed by atoms with Gasteiger partial charge in [0.2, 0.25) is 0 Å². The molecule has 0 heterocycles. The molecule has 2 unspecified atom stereocenters. The van der Waals surface area contributed by atoms with Crippen LogP contribution in [0.4, 0.5) is 0 Å². The average molecular weight is 1040 g/mol. The number of nitrogens with zero attached hydrogens (tertiary/aromatic N) is 1. The van der Waals surface area contributed by atoms with Gasteiger partial charge in [0.1, 0.15) is 13.2 Å². The molecule has 0 saturated heterocycles. The molecule has 75 heavy (non-hydrogen) atoms. The fraction of sp³-hybridized carbons (Fsp3) is 0.561. The first kappa shape index (κ1) is 69.9. The Kier molecular flexibility index (Phi) is 51.4. The van der Waals surface area contributed by atoms with Crippen molar-refractivity contribution in [3.8, 4) is 0 Å². The summed E-state index contributed by atoms with van der Waals surface area (Å²) in [6.45, 7) is 4.49. The minimum absolute atomic E-state index is 0.129. The molecule has 9 heteroatoms. The Balaban J connectivity index is 4.28. The number of allylic oxidation sites excluding steroid dienone is 26. The monoisotopic (exact) mass is 1040 g/mol. The van der Waals surface area contributed by atoms with Crippen LogP contribution in [0.5, 0.6) is 0 Å². The summed E-state index contributed by atoms with van der Waals surface area (Å²) in [6, 6.07) is 0. The topological polar surface area (TPSA) is 111 Å². The number of quaternary nitrogens is 1. The van der Waals surface area contributed by atoms with E-state index < -0.39 is 24.3 Å². The fourth-order valence-corrected chi connectivity index (χ4v) is 6.85. The Bertz CT molecular complexity index is 1780. The first-order chi connectivity index (χ1) is 36.6. The van der Waals surface area contributed by atoms with Crippen molar-refractivity contribution in [1.82, 2.24) is 0 Å². The first-order valence-corrected chi connectivity index (χ1v) is 28.6. The van der Waals surface area contributed by atoms with Gasteiger partial charge in [-0.2, -0.15) is 0 Å². The quantitative estimate of drug-likeness (QED) is 0.0195. The Morgan fingerprint density at radius 3 is 1.17 bits per heavy atom. The van der Waals surface area contributed by atoms with Crippen LogP contribution in [-0.2, 0) is 33.3 Å².